The Balaban J connectivity index is 2.52. The van der Waals surface area contributed by atoms with Gasteiger partial charge in [-0.15, -0.1) is 6.42 Å². The summed E-state index contributed by atoms with van der Waals surface area (Å²) in [4.78, 5) is 24.2. The van der Waals surface area contributed by atoms with Crippen molar-refractivity contribution in [3.05, 3.63) is 0 Å². The molecule has 1 aliphatic heterocycles. The first-order valence-corrected chi connectivity index (χ1v) is 5.82. The molecule has 0 radical (unpaired) electrons. The van der Waals surface area contributed by atoms with Gasteiger partial charge in [-0.2, -0.15) is 0 Å². The van der Waals surface area contributed by atoms with E-state index in [9.17, 15) is 9.59 Å². The maximum Gasteiger partial charge on any atom is 0.318 e. The Hall–Kier alpha value is -1.70. The molecule has 17 heavy (non-hydrogen) atoms. The number of hydrogen-bond donors (Lipinski definition) is 2. The van der Waals surface area contributed by atoms with Crippen molar-refractivity contribution in [1.29, 1.82) is 0 Å². The predicted molar refractivity (Wildman–Crippen MR) is 63.4 cm³/mol. The topological polar surface area (TPSA) is 69.6 Å². The van der Waals surface area contributed by atoms with Crippen LogP contribution in [0.1, 0.15) is 26.2 Å². The number of carbonyl (C=O) groups excluding carboxylic acids is 1. The van der Waals surface area contributed by atoms with Crippen LogP contribution in [-0.2, 0) is 4.79 Å². The number of carbonyl (C=O) groups is 2. The van der Waals surface area contributed by atoms with Gasteiger partial charge in [0.05, 0.1) is 12.0 Å². The van der Waals surface area contributed by atoms with Crippen LogP contribution in [0.2, 0.25) is 0 Å². The Labute approximate surface area is 101 Å². The molecule has 0 spiro atoms. The van der Waals surface area contributed by atoms with Crippen LogP contribution in [0.25, 0.3) is 0 Å². The Kier molecular flexibility index (Phi) is 4.83. The van der Waals surface area contributed by atoms with Crippen LogP contribution >= 0.6 is 0 Å². The minimum atomic E-state index is -0.841. The number of nitrogens with one attached hydrogen (secondary N) is 1. The summed E-state index contributed by atoms with van der Waals surface area (Å²) in [5.74, 6) is 1.18. The zero-order chi connectivity index (χ0) is 12.8. The predicted octanol–water partition coefficient (Wildman–Crippen LogP) is 0.904. The van der Waals surface area contributed by atoms with Crippen molar-refractivity contribution in [2.45, 2.75) is 32.2 Å². The zero-order valence-electron chi connectivity index (χ0n) is 9.98. The van der Waals surface area contributed by atoms with E-state index in [2.05, 4.69) is 11.2 Å². The Morgan fingerprint density at radius 3 is 2.88 bits per heavy atom. The van der Waals surface area contributed by atoms with Crippen LogP contribution in [0.3, 0.4) is 0 Å². The lowest BCUT2D eigenvalue weighted by Gasteiger charge is -2.31. The highest BCUT2D eigenvalue weighted by Crippen LogP contribution is 2.16. The Morgan fingerprint density at radius 2 is 2.35 bits per heavy atom. The number of aliphatic carboxylic acids is 1. The van der Waals surface area contributed by atoms with Gasteiger partial charge in [0.15, 0.2) is 0 Å². The molecule has 1 aliphatic rings. The van der Waals surface area contributed by atoms with E-state index in [0.717, 1.165) is 6.42 Å². The smallest absolute Gasteiger partial charge is 0.318 e. The number of likely N-dealkylation sites (tertiary alicyclic amines) is 1. The highest BCUT2D eigenvalue weighted by molar-refractivity contribution is 5.77. The molecule has 0 bridgehead atoms. The van der Waals surface area contributed by atoms with Crippen molar-refractivity contribution in [1.82, 2.24) is 10.2 Å². The second-order valence-corrected chi connectivity index (χ2v) is 4.20. The Bertz CT molecular complexity index is 335. The minimum Gasteiger partial charge on any atom is -0.481 e. The number of hydrogen-bond acceptors (Lipinski definition) is 2. The molecule has 2 amide bonds. The number of carboxylic acid groups (broad SMARTS) is 1. The van der Waals surface area contributed by atoms with Gasteiger partial charge in [0.25, 0.3) is 0 Å². The summed E-state index contributed by atoms with van der Waals surface area (Å²) in [6.45, 7) is 2.75. The fourth-order valence-corrected chi connectivity index (χ4v) is 1.87. The SMILES string of the molecule is C#CC(CC)NC(=O)N1CCCC(C(=O)O)C1. The molecule has 0 aromatic heterocycles. The molecule has 0 aliphatic carbocycles. The van der Waals surface area contributed by atoms with Gasteiger partial charge in [-0.05, 0) is 19.3 Å². The summed E-state index contributed by atoms with van der Waals surface area (Å²) in [6, 6.07) is -0.548. The van der Waals surface area contributed by atoms with E-state index in [1.54, 1.807) is 0 Å². The van der Waals surface area contributed by atoms with E-state index in [4.69, 9.17) is 11.5 Å². The Morgan fingerprint density at radius 1 is 1.65 bits per heavy atom. The van der Waals surface area contributed by atoms with Gasteiger partial charge in [0, 0.05) is 13.1 Å². The standard InChI is InChI=1S/C12H18N2O3/c1-3-10(4-2)13-12(17)14-7-5-6-9(8-14)11(15)16/h1,9-10H,4-8H2,2H3,(H,13,17)(H,15,16). The van der Waals surface area contributed by atoms with Crippen LogP contribution in [0.5, 0.6) is 0 Å². The molecular formula is C12H18N2O3. The van der Waals surface area contributed by atoms with Gasteiger partial charge in [0.1, 0.15) is 0 Å². The van der Waals surface area contributed by atoms with Crippen molar-refractivity contribution in [3.8, 4) is 12.3 Å². The lowest BCUT2D eigenvalue weighted by atomic mass is 9.99. The van der Waals surface area contributed by atoms with Gasteiger partial charge in [-0.1, -0.05) is 12.8 Å². The minimum absolute atomic E-state index is 0.263. The molecule has 2 unspecified atom stereocenters. The van der Waals surface area contributed by atoms with Gasteiger partial charge in [0.2, 0.25) is 0 Å². The van der Waals surface area contributed by atoms with Crippen molar-refractivity contribution in [3.63, 3.8) is 0 Å². The highest BCUT2D eigenvalue weighted by Gasteiger charge is 2.28. The molecule has 5 heteroatoms. The van der Waals surface area contributed by atoms with Crippen LogP contribution in [0, 0.1) is 18.3 Å². The van der Waals surface area contributed by atoms with Gasteiger partial charge in [-0.25, -0.2) is 4.79 Å². The molecule has 0 saturated carbocycles. The number of amides is 2. The second kappa shape index (κ2) is 6.14. The molecule has 2 atom stereocenters. The lowest BCUT2D eigenvalue weighted by molar-refractivity contribution is -0.143. The molecule has 0 aromatic rings. The number of terminal acetylenes is 1. The van der Waals surface area contributed by atoms with Crippen LogP contribution < -0.4 is 5.32 Å². The van der Waals surface area contributed by atoms with E-state index in [1.165, 1.54) is 4.90 Å². The maximum atomic E-state index is 11.8. The van der Waals surface area contributed by atoms with E-state index >= 15 is 0 Å². The number of nitrogens with zero attached hydrogens (tertiary/aromatic N) is 1. The first kappa shape index (κ1) is 13.4. The normalized spacial score (nSPS) is 21.4. The van der Waals surface area contributed by atoms with Gasteiger partial charge in [-0.3, -0.25) is 4.79 Å². The highest BCUT2D eigenvalue weighted by atomic mass is 16.4. The first-order valence-electron chi connectivity index (χ1n) is 5.82. The largest absolute Gasteiger partial charge is 0.481 e. The number of carboxylic acids is 1. The second-order valence-electron chi connectivity index (χ2n) is 4.20. The average molecular weight is 238 g/mol. The molecule has 5 nitrogen and oxygen atoms in total. The number of urea groups is 1. The molecule has 1 fully saturated rings. The summed E-state index contributed by atoms with van der Waals surface area (Å²) in [5.41, 5.74) is 0. The summed E-state index contributed by atoms with van der Waals surface area (Å²) in [7, 11) is 0. The molecule has 1 saturated heterocycles. The summed E-state index contributed by atoms with van der Waals surface area (Å²) >= 11 is 0. The number of piperidine rings is 1. The van der Waals surface area contributed by atoms with E-state index in [-0.39, 0.29) is 18.6 Å². The third-order valence-electron chi connectivity index (χ3n) is 2.96. The molecule has 1 heterocycles. The molecule has 0 aromatic carbocycles. The summed E-state index contributed by atoms with van der Waals surface area (Å²) < 4.78 is 0. The van der Waals surface area contributed by atoms with Crippen molar-refractivity contribution < 1.29 is 14.7 Å². The monoisotopic (exact) mass is 238 g/mol. The fraction of sp³-hybridized carbons (Fsp3) is 0.667. The summed E-state index contributed by atoms with van der Waals surface area (Å²) in [5, 5.41) is 11.6. The first-order chi connectivity index (χ1) is 8.08. The zero-order valence-corrected chi connectivity index (χ0v) is 9.98. The third kappa shape index (κ3) is 3.66. The molecular weight excluding hydrogens is 220 g/mol. The van der Waals surface area contributed by atoms with E-state index < -0.39 is 11.9 Å². The quantitative estimate of drug-likeness (QED) is 0.718. The molecule has 94 valence electrons. The van der Waals surface area contributed by atoms with Crippen LogP contribution in [0.15, 0.2) is 0 Å². The average Bonchev–Trinajstić information content (AvgIpc) is 2.35. The van der Waals surface area contributed by atoms with Crippen molar-refractivity contribution >= 4 is 12.0 Å². The maximum absolute atomic E-state index is 11.8. The van der Waals surface area contributed by atoms with Crippen LogP contribution in [-0.4, -0.2) is 41.1 Å². The van der Waals surface area contributed by atoms with Crippen molar-refractivity contribution in [2.75, 3.05) is 13.1 Å². The van der Waals surface area contributed by atoms with E-state index in [1.807, 2.05) is 6.92 Å². The van der Waals surface area contributed by atoms with Crippen LogP contribution in [0.4, 0.5) is 4.79 Å². The van der Waals surface area contributed by atoms with Crippen molar-refractivity contribution in [2.24, 2.45) is 5.92 Å². The fourth-order valence-electron chi connectivity index (χ4n) is 1.87. The third-order valence-corrected chi connectivity index (χ3v) is 2.96. The summed E-state index contributed by atoms with van der Waals surface area (Å²) in [6.07, 6.45) is 7.27. The van der Waals surface area contributed by atoms with Gasteiger partial charge < -0.3 is 15.3 Å². The number of rotatable bonds is 3. The van der Waals surface area contributed by atoms with Gasteiger partial charge >= 0.3 is 12.0 Å². The molecule has 1 rings (SSSR count). The lowest BCUT2D eigenvalue weighted by Crippen LogP contribution is -2.49. The molecule has 2 N–H and O–H groups in total. The van der Waals surface area contributed by atoms with E-state index in [0.29, 0.717) is 19.4 Å².